The minimum absolute atomic E-state index is 0.0732. The lowest BCUT2D eigenvalue weighted by Crippen LogP contribution is -2.60. The molecule has 16 heteroatoms. The molecule has 3 fully saturated rings. The number of piperazine rings is 1. The summed E-state index contributed by atoms with van der Waals surface area (Å²) in [5.74, 6) is -2.97. The van der Waals surface area contributed by atoms with Crippen LogP contribution in [0.3, 0.4) is 0 Å². The molecule has 2 N–H and O–H groups in total. The second-order valence-corrected chi connectivity index (χ2v) is 13.1. The lowest BCUT2D eigenvalue weighted by Gasteiger charge is -2.57. The van der Waals surface area contributed by atoms with E-state index in [-0.39, 0.29) is 72.6 Å². The van der Waals surface area contributed by atoms with Crippen molar-refractivity contribution in [2.75, 3.05) is 44.3 Å². The molecule has 1 spiro atoms. The van der Waals surface area contributed by atoms with Crippen molar-refractivity contribution in [3.05, 3.63) is 45.7 Å². The number of halogens is 2. The molecular formula is C31H37F2N9O5. The predicted octanol–water partition coefficient (Wildman–Crippen LogP) is 1.72. The van der Waals surface area contributed by atoms with Gasteiger partial charge < -0.3 is 29.5 Å². The molecule has 0 atom stereocenters. The maximum atomic E-state index is 14.1. The Bertz CT molecular complexity index is 1830. The highest BCUT2D eigenvalue weighted by Gasteiger charge is 2.62. The van der Waals surface area contributed by atoms with Gasteiger partial charge in [0.2, 0.25) is 17.6 Å². The molecule has 2 aliphatic carbocycles. The van der Waals surface area contributed by atoms with E-state index in [4.69, 9.17) is 9.72 Å². The van der Waals surface area contributed by atoms with Crippen LogP contribution in [0.1, 0.15) is 66.7 Å². The fourth-order valence-corrected chi connectivity index (χ4v) is 7.54. The monoisotopic (exact) mass is 653 g/mol. The maximum Gasteiger partial charge on any atom is 0.299 e. The van der Waals surface area contributed by atoms with Crippen molar-refractivity contribution >= 4 is 28.9 Å². The van der Waals surface area contributed by atoms with Crippen molar-refractivity contribution in [2.24, 2.45) is 5.41 Å². The molecule has 0 aromatic carbocycles. The van der Waals surface area contributed by atoms with Gasteiger partial charge in [-0.25, -0.2) is 18.7 Å². The normalized spacial score (nSPS) is 20.6. The number of alkyl halides is 2. The van der Waals surface area contributed by atoms with Crippen LogP contribution in [0.5, 0.6) is 5.75 Å². The van der Waals surface area contributed by atoms with Crippen LogP contribution in [0.25, 0.3) is 11.4 Å². The van der Waals surface area contributed by atoms with Gasteiger partial charge in [-0.15, -0.1) is 5.10 Å². The number of fused-ring (bicyclic) bond motifs is 1. The highest BCUT2D eigenvalue weighted by atomic mass is 19.3. The molecule has 2 amide bonds. The van der Waals surface area contributed by atoms with E-state index in [0.717, 1.165) is 5.57 Å². The number of carbonyl (C=O) groups is 2. The van der Waals surface area contributed by atoms with Gasteiger partial charge in [0.15, 0.2) is 17.3 Å². The fourth-order valence-electron chi connectivity index (χ4n) is 7.54. The van der Waals surface area contributed by atoms with Crippen molar-refractivity contribution in [2.45, 2.75) is 70.9 Å². The van der Waals surface area contributed by atoms with E-state index in [9.17, 15) is 28.3 Å². The van der Waals surface area contributed by atoms with Gasteiger partial charge in [0.25, 0.3) is 11.5 Å². The largest absolute Gasteiger partial charge is 0.504 e. The Morgan fingerprint density at radius 2 is 1.89 bits per heavy atom. The quantitative estimate of drug-likeness (QED) is 0.384. The molecule has 0 radical (unpaired) electrons. The molecule has 14 nitrogen and oxygen atoms in total. The Labute approximate surface area is 268 Å². The van der Waals surface area contributed by atoms with Crippen LogP contribution < -0.4 is 15.8 Å². The Morgan fingerprint density at radius 1 is 1.15 bits per heavy atom. The van der Waals surface area contributed by atoms with Crippen LogP contribution in [0, 0.1) is 12.3 Å². The van der Waals surface area contributed by atoms with Gasteiger partial charge in [-0.1, -0.05) is 13.0 Å². The first-order valence-electron chi connectivity index (χ1n) is 16.0. The van der Waals surface area contributed by atoms with Crippen LogP contribution >= 0.6 is 0 Å². The summed E-state index contributed by atoms with van der Waals surface area (Å²) in [6.45, 7) is 5.42. The number of rotatable bonds is 7. The summed E-state index contributed by atoms with van der Waals surface area (Å²) in [5, 5.41) is 17.9. The molecule has 2 saturated carbocycles. The van der Waals surface area contributed by atoms with E-state index >= 15 is 0 Å². The van der Waals surface area contributed by atoms with Gasteiger partial charge in [0.1, 0.15) is 18.6 Å². The Kier molecular flexibility index (Phi) is 7.72. The van der Waals surface area contributed by atoms with Crippen LogP contribution in [0.4, 0.5) is 14.5 Å². The number of aromatic hydroxyl groups is 1. The third-order valence-corrected chi connectivity index (χ3v) is 9.79. The number of carbonyl (C=O) groups excluding carboxylic acids is 2. The van der Waals surface area contributed by atoms with E-state index < -0.39 is 11.8 Å². The van der Waals surface area contributed by atoms with Crippen molar-refractivity contribution < 1.29 is 28.2 Å². The van der Waals surface area contributed by atoms with Gasteiger partial charge in [-0.3, -0.25) is 14.4 Å². The molecule has 47 heavy (non-hydrogen) atoms. The van der Waals surface area contributed by atoms with E-state index in [1.807, 2.05) is 17.9 Å². The van der Waals surface area contributed by atoms with Crippen molar-refractivity contribution in [1.82, 2.24) is 39.3 Å². The number of anilines is 1. The van der Waals surface area contributed by atoms with Crippen LogP contribution in [0.2, 0.25) is 0 Å². The molecule has 1 saturated heterocycles. The van der Waals surface area contributed by atoms with E-state index in [2.05, 4.69) is 20.4 Å². The highest BCUT2D eigenvalue weighted by molar-refractivity contribution is 5.95. The van der Waals surface area contributed by atoms with Crippen LogP contribution in [-0.4, -0.2) is 102 Å². The van der Waals surface area contributed by atoms with Gasteiger partial charge in [-0.05, 0) is 43.6 Å². The van der Waals surface area contributed by atoms with E-state index in [0.29, 0.717) is 74.9 Å². The summed E-state index contributed by atoms with van der Waals surface area (Å²) >= 11 is 0. The number of aryl methyl sites for hydroxylation is 1. The Hall–Kier alpha value is -4.47. The minimum atomic E-state index is -2.61. The summed E-state index contributed by atoms with van der Waals surface area (Å²) in [4.78, 5) is 56.8. The lowest BCUT2D eigenvalue weighted by atomic mass is 9.52. The van der Waals surface area contributed by atoms with Crippen LogP contribution in [0.15, 0.2) is 17.2 Å². The number of ether oxygens (including phenoxy) is 1. The van der Waals surface area contributed by atoms with Gasteiger partial charge >= 0.3 is 0 Å². The van der Waals surface area contributed by atoms with E-state index in [1.165, 1.54) is 10.8 Å². The first-order valence-corrected chi connectivity index (χ1v) is 16.0. The second-order valence-electron chi connectivity index (χ2n) is 13.1. The standard InChI is InChI=1S/C31H37F2N9O5/c1-3-21-24(39-6-8-40(9-7-39)27(45)23-25(44)18(2)34-17-35-23)28(46)42-29(37-26(38-42)19-4-10-47-11-5-19)41(21)14-22(43)36-20-12-30(13-20)15-31(32,33)16-30/h4,17,20,44H,3,5-16H2,1-2H3,(H,36,43). The van der Waals surface area contributed by atoms with E-state index in [1.54, 1.807) is 16.4 Å². The average molecular weight is 654 g/mol. The lowest BCUT2D eigenvalue weighted by molar-refractivity contribution is -0.198. The van der Waals surface area contributed by atoms with Crippen molar-refractivity contribution in [1.29, 1.82) is 0 Å². The van der Waals surface area contributed by atoms with Crippen LogP contribution in [-0.2, 0) is 22.5 Å². The first kappa shape index (κ1) is 31.1. The second kappa shape index (κ2) is 11.6. The zero-order chi connectivity index (χ0) is 33.1. The van der Waals surface area contributed by atoms with Crippen molar-refractivity contribution in [3.63, 3.8) is 0 Å². The SMILES string of the molecule is CCc1c(N2CCN(C(=O)c3ncnc(C)c3O)CC2)c(=O)n2nc(C3=CCOCC3)nc2n1CC(=O)NC1CC2(C1)CC(F)(F)C2. The number of aromatic nitrogens is 6. The molecule has 4 aliphatic rings. The van der Waals surface area contributed by atoms with Gasteiger partial charge in [-0.2, -0.15) is 9.50 Å². The molecular weight excluding hydrogens is 616 g/mol. The van der Waals surface area contributed by atoms with Gasteiger partial charge in [0, 0.05) is 45.1 Å². The topological polar surface area (TPSA) is 160 Å². The number of nitrogens with zero attached hydrogens (tertiary/aromatic N) is 8. The third-order valence-electron chi connectivity index (χ3n) is 9.79. The minimum Gasteiger partial charge on any atom is -0.504 e. The Balaban J connectivity index is 1.17. The smallest absolute Gasteiger partial charge is 0.299 e. The molecule has 3 aromatic rings. The fraction of sp³-hybridized carbons (Fsp3) is 0.581. The van der Waals surface area contributed by atoms with Crippen molar-refractivity contribution in [3.8, 4) is 5.75 Å². The molecule has 0 unspecified atom stereocenters. The third kappa shape index (κ3) is 5.61. The average Bonchev–Trinajstić information content (AvgIpc) is 3.48. The molecule has 250 valence electrons. The zero-order valence-corrected chi connectivity index (χ0v) is 26.3. The summed E-state index contributed by atoms with van der Waals surface area (Å²) < 4.78 is 35.4. The molecule has 2 aliphatic heterocycles. The highest BCUT2D eigenvalue weighted by Crippen LogP contribution is 2.62. The maximum absolute atomic E-state index is 14.1. The first-order chi connectivity index (χ1) is 22.5. The number of hydrogen-bond acceptors (Lipinski definition) is 10. The molecule has 7 rings (SSSR count). The Morgan fingerprint density at radius 3 is 2.55 bits per heavy atom. The predicted molar refractivity (Wildman–Crippen MR) is 164 cm³/mol. The number of hydrogen-bond donors (Lipinski definition) is 2. The number of amides is 2. The molecule has 3 aromatic heterocycles. The molecule has 5 heterocycles. The summed E-state index contributed by atoms with van der Waals surface area (Å²) in [5.41, 5.74) is 1.30. The zero-order valence-electron chi connectivity index (χ0n) is 26.3. The number of nitrogens with one attached hydrogen (secondary N) is 1. The summed E-state index contributed by atoms with van der Waals surface area (Å²) in [6.07, 6.45) is 4.90. The summed E-state index contributed by atoms with van der Waals surface area (Å²) in [6, 6.07) is -0.178. The summed E-state index contributed by atoms with van der Waals surface area (Å²) in [7, 11) is 0. The molecule has 0 bridgehead atoms. The van der Waals surface area contributed by atoms with Gasteiger partial charge in [0.05, 0.1) is 24.6 Å².